The molecule has 0 radical (unpaired) electrons. The average Bonchev–Trinajstić information content (AvgIpc) is 2.43. The van der Waals surface area contributed by atoms with Gasteiger partial charge in [0.1, 0.15) is 0 Å². The fraction of sp³-hybridized carbons (Fsp3) is 0.500. The number of carbonyl (C=O) groups excluding carboxylic acids is 1. The molecule has 1 fully saturated rings. The summed E-state index contributed by atoms with van der Waals surface area (Å²) in [6, 6.07) is 6.20. The zero-order valence-corrected chi connectivity index (χ0v) is 14.5. The number of amides is 1. The molecular formula is C14H19BrCl2N2O. The van der Waals surface area contributed by atoms with Crippen molar-refractivity contribution in [2.45, 2.75) is 25.3 Å². The first-order valence-electron chi connectivity index (χ1n) is 6.49. The summed E-state index contributed by atoms with van der Waals surface area (Å²) in [5.41, 5.74) is 0.997. The molecule has 0 aliphatic carbocycles. The fourth-order valence-electron chi connectivity index (χ4n) is 2.35. The van der Waals surface area contributed by atoms with Crippen molar-refractivity contribution < 1.29 is 4.79 Å². The van der Waals surface area contributed by atoms with E-state index < -0.39 is 0 Å². The van der Waals surface area contributed by atoms with Gasteiger partial charge in [-0.15, -0.1) is 12.4 Å². The monoisotopic (exact) mass is 380 g/mol. The van der Waals surface area contributed by atoms with Gasteiger partial charge in [-0.3, -0.25) is 4.79 Å². The van der Waals surface area contributed by atoms with Crippen LogP contribution in [0.5, 0.6) is 0 Å². The number of halogens is 3. The molecule has 1 N–H and O–H groups in total. The minimum absolute atomic E-state index is 0. The first-order chi connectivity index (χ1) is 9.10. The van der Waals surface area contributed by atoms with E-state index in [1.54, 1.807) is 0 Å². The van der Waals surface area contributed by atoms with Crippen LogP contribution in [0.15, 0.2) is 22.7 Å². The number of benzene rings is 1. The van der Waals surface area contributed by atoms with Gasteiger partial charge in [-0.05, 0) is 53.5 Å². The van der Waals surface area contributed by atoms with Gasteiger partial charge < -0.3 is 10.2 Å². The second-order valence-electron chi connectivity index (χ2n) is 4.87. The highest BCUT2D eigenvalue weighted by Gasteiger charge is 2.21. The standard InChI is InChI=1S/C14H18BrClN2O.ClH/c1-17-11-4-6-18(7-5-11)14(19)9-10-2-3-13(16)12(15)8-10;/h2-3,8,11,17H,4-7,9H2,1H3;1H. The van der Waals surface area contributed by atoms with Gasteiger partial charge >= 0.3 is 0 Å². The summed E-state index contributed by atoms with van der Waals surface area (Å²) in [5, 5.41) is 3.94. The molecule has 1 aromatic carbocycles. The molecule has 0 saturated carbocycles. The minimum Gasteiger partial charge on any atom is -0.342 e. The Labute approximate surface area is 139 Å². The van der Waals surface area contributed by atoms with Crippen LogP contribution < -0.4 is 5.32 Å². The van der Waals surface area contributed by atoms with Crippen LogP contribution in [0.4, 0.5) is 0 Å². The fourth-order valence-corrected chi connectivity index (χ4v) is 2.90. The van der Waals surface area contributed by atoms with Crippen LogP contribution in [-0.4, -0.2) is 37.0 Å². The number of hydrogen-bond acceptors (Lipinski definition) is 2. The molecule has 3 nitrogen and oxygen atoms in total. The lowest BCUT2D eigenvalue weighted by Crippen LogP contribution is -2.44. The minimum atomic E-state index is 0. The van der Waals surface area contributed by atoms with Crippen molar-refractivity contribution in [3.63, 3.8) is 0 Å². The van der Waals surface area contributed by atoms with E-state index in [0.29, 0.717) is 17.5 Å². The van der Waals surface area contributed by atoms with Crippen LogP contribution in [0, 0.1) is 0 Å². The molecule has 6 heteroatoms. The molecule has 1 aliphatic rings. The van der Waals surface area contributed by atoms with Gasteiger partial charge in [0.2, 0.25) is 5.91 Å². The normalized spacial score (nSPS) is 15.8. The van der Waals surface area contributed by atoms with E-state index >= 15 is 0 Å². The first kappa shape index (κ1) is 17.8. The highest BCUT2D eigenvalue weighted by atomic mass is 79.9. The summed E-state index contributed by atoms with van der Waals surface area (Å²) in [4.78, 5) is 14.2. The quantitative estimate of drug-likeness (QED) is 0.871. The van der Waals surface area contributed by atoms with Crippen molar-refractivity contribution in [2.75, 3.05) is 20.1 Å². The number of piperidine rings is 1. The maximum Gasteiger partial charge on any atom is 0.226 e. The summed E-state index contributed by atoms with van der Waals surface area (Å²) in [6.07, 6.45) is 2.51. The van der Waals surface area contributed by atoms with E-state index in [1.165, 1.54) is 0 Å². The van der Waals surface area contributed by atoms with Crippen molar-refractivity contribution in [1.29, 1.82) is 0 Å². The zero-order valence-electron chi connectivity index (χ0n) is 11.4. The van der Waals surface area contributed by atoms with E-state index in [9.17, 15) is 4.79 Å². The summed E-state index contributed by atoms with van der Waals surface area (Å²) >= 11 is 9.33. The SMILES string of the molecule is CNC1CCN(C(=O)Cc2ccc(Cl)c(Br)c2)CC1.Cl. The van der Waals surface area contributed by atoms with E-state index in [4.69, 9.17) is 11.6 Å². The molecule has 0 unspecified atom stereocenters. The molecule has 0 bridgehead atoms. The molecule has 2 rings (SSSR count). The summed E-state index contributed by atoms with van der Waals surface area (Å²) in [5.74, 6) is 0.198. The van der Waals surface area contributed by atoms with E-state index in [1.807, 2.05) is 30.1 Å². The predicted octanol–water partition coefficient (Wildman–Crippen LogP) is 3.28. The van der Waals surface area contributed by atoms with E-state index in [0.717, 1.165) is 36.0 Å². The number of likely N-dealkylation sites (tertiary alicyclic amines) is 1. The molecule has 0 aromatic heterocycles. The lowest BCUT2D eigenvalue weighted by Gasteiger charge is -2.32. The molecule has 0 atom stereocenters. The Balaban J connectivity index is 0.00000200. The maximum absolute atomic E-state index is 12.2. The molecule has 112 valence electrons. The van der Waals surface area contributed by atoms with Crippen LogP contribution in [0.2, 0.25) is 5.02 Å². The molecule has 1 saturated heterocycles. The molecule has 1 aliphatic heterocycles. The van der Waals surface area contributed by atoms with Gasteiger partial charge in [0, 0.05) is 23.6 Å². The highest BCUT2D eigenvalue weighted by molar-refractivity contribution is 9.10. The topological polar surface area (TPSA) is 32.3 Å². The Morgan fingerprint density at radius 2 is 2.10 bits per heavy atom. The second-order valence-corrected chi connectivity index (χ2v) is 6.13. The molecule has 1 heterocycles. The van der Waals surface area contributed by atoms with Gasteiger partial charge in [-0.1, -0.05) is 17.7 Å². The van der Waals surface area contributed by atoms with E-state index in [2.05, 4.69) is 21.2 Å². The van der Waals surface area contributed by atoms with Crippen LogP contribution in [0.25, 0.3) is 0 Å². The Morgan fingerprint density at radius 1 is 1.45 bits per heavy atom. The predicted molar refractivity (Wildman–Crippen MR) is 88.8 cm³/mol. The van der Waals surface area contributed by atoms with Gasteiger partial charge in [-0.2, -0.15) is 0 Å². The molecule has 1 amide bonds. The van der Waals surface area contributed by atoms with Crippen LogP contribution in [0.1, 0.15) is 18.4 Å². The summed E-state index contributed by atoms with van der Waals surface area (Å²) in [6.45, 7) is 1.69. The molecule has 1 aromatic rings. The molecule has 20 heavy (non-hydrogen) atoms. The van der Waals surface area contributed by atoms with Gasteiger partial charge in [0.05, 0.1) is 11.4 Å². The average molecular weight is 382 g/mol. The molecule has 0 spiro atoms. The Morgan fingerprint density at radius 3 is 2.65 bits per heavy atom. The second kappa shape index (κ2) is 8.23. The number of nitrogens with one attached hydrogen (secondary N) is 1. The largest absolute Gasteiger partial charge is 0.342 e. The Bertz CT molecular complexity index is 462. The Hall–Kier alpha value is -0.290. The van der Waals surface area contributed by atoms with Crippen LogP contribution in [-0.2, 0) is 11.2 Å². The van der Waals surface area contributed by atoms with Crippen molar-refractivity contribution >= 4 is 45.8 Å². The summed E-state index contributed by atoms with van der Waals surface area (Å²) < 4.78 is 0.841. The maximum atomic E-state index is 12.2. The van der Waals surface area contributed by atoms with Gasteiger partial charge in [0.25, 0.3) is 0 Å². The number of hydrogen-bond donors (Lipinski definition) is 1. The highest BCUT2D eigenvalue weighted by Crippen LogP contribution is 2.23. The van der Waals surface area contributed by atoms with Gasteiger partial charge in [0.15, 0.2) is 0 Å². The smallest absolute Gasteiger partial charge is 0.226 e. The van der Waals surface area contributed by atoms with Crippen molar-refractivity contribution in [1.82, 2.24) is 10.2 Å². The Kier molecular flexibility index (Phi) is 7.30. The van der Waals surface area contributed by atoms with Gasteiger partial charge in [-0.25, -0.2) is 0 Å². The lowest BCUT2D eigenvalue weighted by molar-refractivity contribution is -0.131. The third-order valence-corrected chi connectivity index (χ3v) is 4.81. The van der Waals surface area contributed by atoms with Crippen LogP contribution in [0.3, 0.4) is 0 Å². The van der Waals surface area contributed by atoms with E-state index in [-0.39, 0.29) is 18.3 Å². The summed E-state index contributed by atoms with van der Waals surface area (Å²) in [7, 11) is 1.98. The van der Waals surface area contributed by atoms with Crippen molar-refractivity contribution in [3.8, 4) is 0 Å². The lowest BCUT2D eigenvalue weighted by atomic mass is 10.0. The van der Waals surface area contributed by atoms with Crippen molar-refractivity contribution in [3.05, 3.63) is 33.3 Å². The molecular weight excluding hydrogens is 363 g/mol. The first-order valence-corrected chi connectivity index (χ1v) is 7.66. The number of carbonyl (C=O) groups is 1. The number of nitrogens with zero attached hydrogens (tertiary/aromatic N) is 1. The number of rotatable bonds is 3. The zero-order chi connectivity index (χ0) is 13.8. The third kappa shape index (κ3) is 4.62. The third-order valence-electron chi connectivity index (χ3n) is 3.60. The van der Waals surface area contributed by atoms with Crippen LogP contribution >= 0.6 is 39.9 Å². The van der Waals surface area contributed by atoms with Crippen molar-refractivity contribution in [2.24, 2.45) is 0 Å².